The highest BCUT2D eigenvalue weighted by molar-refractivity contribution is 5.96. The minimum absolute atomic E-state index is 0.0213. The number of aromatic nitrogens is 1. The molecule has 0 fully saturated rings. The third-order valence-corrected chi connectivity index (χ3v) is 1.90. The molecular formula is C11H9NO2. The molecule has 2 aromatic rings. The van der Waals surface area contributed by atoms with Crippen molar-refractivity contribution in [2.24, 2.45) is 0 Å². The number of furan rings is 1. The minimum Gasteiger partial charge on any atom is -0.469 e. The molecule has 0 unspecified atom stereocenters. The van der Waals surface area contributed by atoms with E-state index in [1.807, 2.05) is 0 Å². The SMILES string of the molecule is O=C(Cc1ccco1)c1cccnc1. The van der Waals surface area contributed by atoms with E-state index in [2.05, 4.69) is 4.98 Å². The summed E-state index contributed by atoms with van der Waals surface area (Å²) in [6, 6.07) is 7.05. The average Bonchev–Trinajstić information content (AvgIpc) is 2.72. The molecule has 0 aliphatic heterocycles. The number of Topliss-reactive ketones (excluding diaryl/α,β-unsaturated/α-hetero) is 1. The van der Waals surface area contributed by atoms with Crippen LogP contribution < -0.4 is 0 Å². The first kappa shape index (κ1) is 8.69. The zero-order chi connectivity index (χ0) is 9.80. The van der Waals surface area contributed by atoms with Gasteiger partial charge in [-0.25, -0.2) is 0 Å². The summed E-state index contributed by atoms with van der Waals surface area (Å²) in [5.41, 5.74) is 0.615. The van der Waals surface area contributed by atoms with Gasteiger partial charge in [0.05, 0.1) is 12.7 Å². The van der Waals surface area contributed by atoms with E-state index in [9.17, 15) is 4.79 Å². The van der Waals surface area contributed by atoms with Crippen molar-refractivity contribution in [2.75, 3.05) is 0 Å². The van der Waals surface area contributed by atoms with Crippen LogP contribution in [0.4, 0.5) is 0 Å². The van der Waals surface area contributed by atoms with Crippen molar-refractivity contribution in [3.63, 3.8) is 0 Å². The molecule has 0 aliphatic rings. The lowest BCUT2D eigenvalue weighted by molar-refractivity contribution is 0.0986. The van der Waals surface area contributed by atoms with Crippen molar-refractivity contribution in [1.29, 1.82) is 0 Å². The van der Waals surface area contributed by atoms with Crippen LogP contribution in [0, 0.1) is 0 Å². The number of pyridine rings is 1. The predicted octanol–water partition coefficient (Wildman–Crippen LogP) is 2.10. The van der Waals surface area contributed by atoms with Crippen molar-refractivity contribution in [3.8, 4) is 0 Å². The van der Waals surface area contributed by atoms with Crippen LogP contribution in [0.15, 0.2) is 47.3 Å². The van der Waals surface area contributed by atoms with Gasteiger partial charge in [0.15, 0.2) is 5.78 Å². The van der Waals surface area contributed by atoms with Crippen LogP contribution in [0.3, 0.4) is 0 Å². The Balaban J connectivity index is 2.11. The van der Waals surface area contributed by atoms with Gasteiger partial charge in [-0.1, -0.05) is 0 Å². The maximum absolute atomic E-state index is 11.6. The fraction of sp³-hybridized carbons (Fsp3) is 0.0909. The van der Waals surface area contributed by atoms with Crippen LogP contribution >= 0.6 is 0 Å². The van der Waals surface area contributed by atoms with Gasteiger partial charge in [-0.15, -0.1) is 0 Å². The fourth-order valence-corrected chi connectivity index (χ4v) is 1.20. The molecule has 2 aromatic heterocycles. The Labute approximate surface area is 81.4 Å². The molecule has 0 aromatic carbocycles. The predicted molar refractivity (Wildman–Crippen MR) is 51.0 cm³/mol. The van der Waals surface area contributed by atoms with Gasteiger partial charge in [0.2, 0.25) is 0 Å². The molecule has 2 rings (SSSR count). The van der Waals surface area contributed by atoms with E-state index in [-0.39, 0.29) is 5.78 Å². The highest BCUT2D eigenvalue weighted by Gasteiger charge is 2.07. The summed E-state index contributed by atoms with van der Waals surface area (Å²) >= 11 is 0. The normalized spacial score (nSPS) is 10.0. The van der Waals surface area contributed by atoms with E-state index in [1.54, 1.807) is 42.9 Å². The van der Waals surface area contributed by atoms with Crippen molar-refractivity contribution in [1.82, 2.24) is 4.98 Å². The van der Waals surface area contributed by atoms with E-state index in [1.165, 1.54) is 0 Å². The van der Waals surface area contributed by atoms with Gasteiger partial charge in [0.1, 0.15) is 5.76 Å². The Bertz CT molecular complexity index is 406. The largest absolute Gasteiger partial charge is 0.469 e. The summed E-state index contributed by atoms with van der Waals surface area (Å²) in [6.07, 6.45) is 5.06. The molecule has 2 heterocycles. The molecular weight excluding hydrogens is 178 g/mol. The average molecular weight is 187 g/mol. The highest BCUT2D eigenvalue weighted by atomic mass is 16.3. The standard InChI is InChI=1S/C11H9NO2/c13-11(7-10-4-2-6-14-10)9-3-1-5-12-8-9/h1-6,8H,7H2. The lowest BCUT2D eigenvalue weighted by Crippen LogP contribution is -2.02. The quantitative estimate of drug-likeness (QED) is 0.691. The molecule has 0 saturated heterocycles. The molecule has 0 N–H and O–H groups in total. The topological polar surface area (TPSA) is 43.1 Å². The van der Waals surface area contributed by atoms with E-state index in [0.717, 1.165) is 0 Å². The van der Waals surface area contributed by atoms with Gasteiger partial charge < -0.3 is 4.42 Å². The van der Waals surface area contributed by atoms with Crippen molar-refractivity contribution >= 4 is 5.78 Å². The van der Waals surface area contributed by atoms with E-state index < -0.39 is 0 Å². The van der Waals surface area contributed by atoms with Crippen LogP contribution in [0.25, 0.3) is 0 Å². The zero-order valence-electron chi connectivity index (χ0n) is 7.51. The van der Waals surface area contributed by atoms with Crippen LogP contribution in [-0.4, -0.2) is 10.8 Å². The second-order valence-electron chi connectivity index (χ2n) is 2.92. The lowest BCUT2D eigenvalue weighted by atomic mass is 10.1. The van der Waals surface area contributed by atoms with Crippen molar-refractivity contribution < 1.29 is 9.21 Å². The fourth-order valence-electron chi connectivity index (χ4n) is 1.20. The van der Waals surface area contributed by atoms with Gasteiger partial charge >= 0.3 is 0 Å². The highest BCUT2D eigenvalue weighted by Crippen LogP contribution is 2.06. The first-order valence-corrected chi connectivity index (χ1v) is 4.32. The molecule has 70 valence electrons. The van der Waals surface area contributed by atoms with Crippen LogP contribution in [0.5, 0.6) is 0 Å². The summed E-state index contributed by atoms with van der Waals surface area (Å²) in [5, 5.41) is 0. The summed E-state index contributed by atoms with van der Waals surface area (Å²) in [4.78, 5) is 15.5. The zero-order valence-corrected chi connectivity index (χ0v) is 7.51. The third-order valence-electron chi connectivity index (χ3n) is 1.90. The number of carbonyl (C=O) groups excluding carboxylic acids is 1. The van der Waals surface area contributed by atoms with Gasteiger partial charge in [0.25, 0.3) is 0 Å². The maximum atomic E-state index is 11.6. The number of rotatable bonds is 3. The summed E-state index contributed by atoms with van der Waals surface area (Å²) < 4.78 is 5.08. The number of hydrogen-bond donors (Lipinski definition) is 0. The molecule has 0 saturated carbocycles. The Morgan fingerprint density at radius 3 is 2.93 bits per heavy atom. The molecule has 0 aliphatic carbocycles. The van der Waals surface area contributed by atoms with Gasteiger partial charge in [0, 0.05) is 18.0 Å². The second-order valence-corrected chi connectivity index (χ2v) is 2.92. The third kappa shape index (κ3) is 1.88. The van der Waals surface area contributed by atoms with Crippen molar-refractivity contribution in [3.05, 3.63) is 54.2 Å². The second kappa shape index (κ2) is 3.87. The minimum atomic E-state index is 0.0213. The van der Waals surface area contributed by atoms with Crippen LogP contribution in [0.2, 0.25) is 0 Å². The summed E-state index contributed by atoms with van der Waals surface area (Å²) in [7, 11) is 0. The Morgan fingerprint density at radius 2 is 2.29 bits per heavy atom. The first-order valence-electron chi connectivity index (χ1n) is 4.32. The van der Waals surface area contributed by atoms with Gasteiger partial charge in [-0.3, -0.25) is 9.78 Å². The molecule has 0 amide bonds. The molecule has 3 heteroatoms. The van der Waals surface area contributed by atoms with Crippen LogP contribution in [0.1, 0.15) is 16.1 Å². The molecule has 0 bridgehead atoms. The molecule has 0 radical (unpaired) electrons. The molecule has 0 spiro atoms. The molecule has 14 heavy (non-hydrogen) atoms. The van der Waals surface area contributed by atoms with E-state index in [0.29, 0.717) is 17.7 Å². The number of nitrogens with zero attached hydrogens (tertiary/aromatic N) is 1. The van der Waals surface area contributed by atoms with Gasteiger partial charge in [-0.05, 0) is 24.3 Å². The summed E-state index contributed by atoms with van der Waals surface area (Å²) in [6.45, 7) is 0. The van der Waals surface area contributed by atoms with E-state index in [4.69, 9.17) is 4.42 Å². The van der Waals surface area contributed by atoms with Gasteiger partial charge in [-0.2, -0.15) is 0 Å². The molecule has 0 atom stereocenters. The van der Waals surface area contributed by atoms with Crippen molar-refractivity contribution in [2.45, 2.75) is 6.42 Å². The smallest absolute Gasteiger partial charge is 0.171 e. The van der Waals surface area contributed by atoms with E-state index >= 15 is 0 Å². The maximum Gasteiger partial charge on any atom is 0.171 e. The lowest BCUT2D eigenvalue weighted by Gasteiger charge is -1.96. The number of carbonyl (C=O) groups is 1. The monoisotopic (exact) mass is 187 g/mol. The Morgan fingerprint density at radius 1 is 1.36 bits per heavy atom. The molecule has 3 nitrogen and oxygen atoms in total. The summed E-state index contributed by atoms with van der Waals surface area (Å²) in [5.74, 6) is 0.701. The Hall–Kier alpha value is -1.90. The number of ketones is 1. The van der Waals surface area contributed by atoms with Crippen LogP contribution in [-0.2, 0) is 6.42 Å². The number of hydrogen-bond acceptors (Lipinski definition) is 3. The Kier molecular flexibility index (Phi) is 2.40. The first-order chi connectivity index (χ1) is 6.86.